The van der Waals surface area contributed by atoms with Crippen LogP contribution in [0.25, 0.3) is 0 Å². The summed E-state index contributed by atoms with van der Waals surface area (Å²) in [4.78, 5) is 11.7. The Balaban J connectivity index is 1.41. The average molecular weight is 438 g/mol. The molecule has 1 aliphatic carbocycles. The van der Waals surface area contributed by atoms with Crippen LogP contribution in [0.15, 0.2) is 36.4 Å². The Hall–Kier alpha value is -2.21. The quantitative estimate of drug-likeness (QED) is 0.626. The summed E-state index contributed by atoms with van der Waals surface area (Å²) in [6.45, 7) is 7.30. The van der Waals surface area contributed by atoms with Crippen molar-refractivity contribution in [1.29, 1.82) is 0 Å². The van der Waals surface area contributed by atoms with Crippen LogP contribution in [0.3, 0.4) is 0 Å². The molecule has 0 amide bonds. The smallest absolute Gasteiger partial charge is 0.231 e. The van der Waals surface area contributed by atoms with Crippen molar-refractivity contribution in [3.05, 3.63) is 47.7 Å². The van der Waals surface area contributed by atoms with Gasteiger partial charge in [0, 0.05) is 36.8 Å². The second kappa shape index (κ2) is 9.94. The normalized spacial score (nSPS) is 19.1. The molecule has 1 saturated heterocycles. The van der Waals surface area contributed by atoms with Gasteiger partial charge in [0.05, 0.1) is 0 Å². The van der Waals surface area contributed by atoms with Crippen LogP contribution in [0.2, 0.25) is 0 Å². The lowest BCUT2D eigenvalue weighted by atomic mass is 9.69. The van der Waals surface area contributed by atoms with Gasteiger partial charge in [-0.3, -0.25) is 0 Å². The van der Waals surface area contributed by atoms with E-state index in [1.165, 1.54) is 50.5 Å². The molecule has 1 aromatic heterocycles. The van der Waals surface area contributed by atoms with E-state index in [1.807, 2.05) is 6.92 Å². The summed E-state index contributed by atoms with van der Waals surface area (Å²) in [6, 6.07) is 13.0. The lowest BCUT2D eigenvalue weighted by molar-refractivity contribution is 0.292. The molecule has 31 heavy (non-hydrogen) atoms. The Morgan fingerprint density at radius 1 is 1.10 bits per heavy atom. The fourth-order valence-electron chi connectivity index (χ4n) is 4.99. The molecule has 2 N–H and O–H groups in total. The first kappa shape index (κ1) is 22.0. The Morgan fingerprint density at radius 2 is 1.81 bits per heavy atom. The lowest BCUT2D eigenvalue weighted by Crippen LogP contribution is -2.43. The molecule has 6 heteroatoms. The minimum Gasteiger partial charge on any atom is -0.361 e. The molecule has 2 heterocycles. The molecule has 0 bridgehead atoms. The van der Waals surface area contributed by atoms with E-state index in [-0.39, 0.29) is 5.41 Å². The standard InChI is InChI=1S/C25H35N5S/c1-19-11-15-30(16-12-19)22-17-20(2)27-23(28-22)29-24(31)26-18-25(13-7-4-8-14-25)21-9-5-3-6-10-21/h3,5-6,9-10,17,19H,4,7-8,11-16,18H2,1-2H3,(H2,26,27,28,29,31). The molecule has 0 unspecified atom stereocenters. The van der Waals surface area contributed by atoms with E-state index in [0.29, 0.717) is 11.1 Å². The van der Waals surface area contributed by atoms with Crippen LogP contribution in [0.5, 0.6) is 0 Å². The number of thiocarbonyl (C=S) groups is 1. The minimum absolute atomic E-state index is 0.147. The van der Waals surface area contributed by atoms with E-state index < -0.39 is 0 Å². The van der Waals surface area contributed by atoms with Gasteiger partial charge < -0.3 is 15.5 Å². The maximum absolute atomic E-state index is 5.65. The third kappa shape index (κ3) is 5.53. The summed E-state index contributed by atoms with van der Waals surface area (Å²) < 4.78 is 0. The maximum atomic E-state index is 5.65. The molecule has 5 nitrogen and oxygen atoms in total. The summed E-state index contributed by atoms with van der Waals surface area (Å²) in [5, 5.41) is 7.34. The number of nitrogens with one attached hydrogen (secondary N) is 2. The van der Waals surface area contributed by atoms with E-state index in [0.717, 1.165) is 37.1 Å². The molecule has 2 fully saturated rings. The number of hydrogen-bond acceptors (Lipinski definition) is 4. The molecule has 166 valence electrons. The molecule has 1 aromatic carbocycles. The SMILES string of the molecule is Cc1cc(N2CCC(C)CC2)nc(NC(=S)NCC2(c3ccccc3)CCCCC2)n1. The first-order valence-electron chi connectivity index (χ1n) is 11.8. The number of aryl methyl sites for hydroxylation is 1. The van der Waals surface area contributed by atoms with Gasteiger partial charge in [-0.2, -0.15) is 4.98 Å². The van der Waals surface area contributed by atoms with Crippen LogP contribution in [-0.2, 0) is 5.41 Å². The second-order valence-corrected chi connectivity index (χ2v) is 9.78. The third-order valence-electron chi connectivity index (χ3n) is 6.96. The van der Waals surface area contributed by atoms with Crippen LogP contribution >= 0.6 is 12.2 Å². The monoisotopic (exact) mass is 437 g/mol. The van der Waals surface area contributed by atoms with Crippen molar-refractivity contribution in [2.24, 2.45) is 5.92 Å². The first-order chi connectivity index (χ1) is 15.0. The van der Waals surface area contributed by atoms with Crippen molar-refractivity contribution in [2.45, 2.75) is 64.2 Å². The van der Waals surface area contributed by atoms with E-state index >= 15 is 0 Å². The van der Waals surface area contributed by atoms with Gasteiger partial charge in [-0.15, -0.1) is 0 Å². The number of anilines is 2. The van der Waals surface area contributed by atoms with Crippen LogP contribution < -0.4 is 15.5 Å². The van der Waals surface area contributed by atoms with Crippen molar-refractivity contribution in [1.82, 2.24) is 15.3 Å². The summed E-state index contributed by atoms with van der Waals surface area (Å²) >= 11 is 5.65. The van der Waals surface area contributed by atoms with Gasteiger partial charge in [0.15, 0.2) is 5.11 Å². The molecule has 2 aliphatic rings. The topological polar surface area (TPSA) is 53.1 Å². The van der Waals surface area contributed by atoms with Gasteiger partial charge in [-0.05, 0) is 56.3 Å². The summed E-state index contributed by atoms with van der Waals surface area (Å²) in [5.74, 6) is 2.38. The minimum atomic E-state index is 0.147. The molecular formula is C25H35N5S. The van der Waals surface area contributed by atoms with Gasteiger partial charge in [0.1, 0.15) is 5.82 Å². The van der Waals surface area contributed by atoms with Gasteiger partial charge in [0.25, 0.3) is 0 Å². The molecule has 1 aliphatic heterocycles. The van der Waals surface area contributed by atoms with Crippen molar-refractivity contribution in [3.63, 3.8) is 0 Å². The first-order valence-corrected chi connectivity index (χ1v) is 12.2. The predicted octanol–water partition coefficient (Wildman–Crippen LogP) is 5.21. The number of rotatable bonds is 5. The van der Waals surface area contributed by atoms with Crippen molar-refractivity contribution in [3.8, 4) is 0 Å². The van der Waals surface area contributed by atoms with Gasteiger partial charge in [-0.1, -0.05) is 56.5 Å². The zero-order valence-corrected chi connectivity index (χ0v) is 19.7. The van der Waals surface area contributed by atoms with Crippen LogP contribution in [0.4, 0.5) is 11.8 Å². The largest absolute Gasteiger partial charge is 0.361 e. The van der Waals surface area contributed by atoms with E-state index in [9.17, 15) is 0 Å². The maximum Gasteiger partial charge on any atom is 0.231 e. The van der Waals surface area contributed by atoms with Crippen molar-refractivity contribution >= 4 is 29.1 Å². The van der Waals surface area contributed by atoms with Crippen LogP contribution in [0.1, 0.15) is 63.1 Å². The fourth-order valence-corrected chi connectivity index (χ4v) is 5.15. The highest BCUT2D eigenvalue weighted by molar-refractivity contribution is 7.80. The number of aromatic nitrogens is 2. The Kier molecular flexibility index (Phi) is 7.06. The highest BCUT2D eigenvalue weighted by Gasteiger charge is 2.33. The highest BCUT2D eigenvalue weighted by Crippen LogP contribution is 2.38. The zero-order chi connectivity index (χ0) is 21.7. The van der Waals surface area contributed by atoms with Crippen LogP contribution in [-0.4, -0.2) is 34.7 Å². The molecular weight excluding hydrogens is 402 g/mol. The molecule has 0 atom stereocenters. The lowest BCUT2D eigenvalue weighted by Gasteiger charge is -2.38. The number of nitrogens with zero attached hydrogens (tertiary/aromatic N) is 3. The third-order valence-corrected chi connectivity index (χ3v) is 7.20. The molecule has 4 rings (SSSR count). The number of benzene rings is 1. The van der Waals surface area contributed by atoms with E-state index in [4.69, 9.17) is 17.2 Å². The average Bonchev–Trinajstić information content (AvgIpc) is 2.79. The number of piperidine rings is 1. The van der Waals surface area contributed by atoms with Crippen LogP contribution in [0, 0.1) is 12.8 Å². The van der Waals surface area contributed by atoms with Gasteiger partial charge >= 0.3 is 0 Å². The molecule has 1 saturated carbocycles. The van der Waals surface area contributed by atoms with E-state index in [1.54, 1.807) is 0 Å². The summed E-state index contributed by atoms with van der Waals surface area (Å²) in [5.41, 5.74) is 2.52. The number of hydrogen-bond donors (Lipinski definition) is 2. The predicted molar refractivity (Wildman–Crippen MR) is 133 cm³/mol. The Labute approximate surface area is 192 Å². The summed E-state index contributed by atoms with van der Waals surface area (Å²) in [7, 11) is 0. The van der Waals surface area contributed by atoms with Crippen molar-refractivity contribution < 1.29 is 0 Å². The Bertz CT molecular complexity index is 871. The van der Waals surface area contributed by atoms with Crippen molar-refractivity contribution in [2.75, 3.05) is 29.9 Å². The second-order valence-electron chi connectivity index (χ2n) is 9.38. The highest BCUT2D eigenvalue weighted by atomic mass is 32.1. The molecule has 0 radical (unpaired) electrons. The molecule has 0 spiro atoms. The zero-order valence-electron chi connectivity index (χ0n) is 18.9. The summed E-state index contributed by atoms with van der Waals surface area (Å²) in [6.07, 6.45) is 8.70. The van der Waals surface area contributed by atoms with E-state index in [2.05, 4.69) is 63.8 Å². The van der Waals surface area contributed by atoms with Gasteiger partial charge in [0.2, 0.25) is 5.95 Å². The molecule has 2 aromatic rings. The fraction of sp³-hybridized carbons (Fsp3) is 0.560. The Morgan fingerprint density at radius 3 is 2.52 bits per heavy atom. The van der Waals surface area contributed by atoms with Gasteiger partial charge in [-0.25, -0.2) is 4.98 Å².